The molecule has 0 saturated carbocycles. The lowest BCUT2D eigenvalue weighted by Gasteiger charge is -2.24. The van der Waals surface area contributed by atoms with E-state index in [0.717, 1.165) is 16.0 Å². The number of ketones is 1. The average molecular weight is 474 g/mol. The van der Waals surface area contributed by atoms with Crippen LogP contribution in [-0.2, 0) is 9.53 Å². The Morgan fingerprint density at radius 3 is 1.97 bits per heavy atom. The minimum atomic E-state index is -1.09. The van der Waals surface area contributed by atoms with E-state index < -0.39 is 30.4 Å². The van der Waals surface area contributed by atoms with E-state index in [2.05, 4.69) is 0 Å². The predicted molar refractivity (Wildman–Crippen MR) is 131 cm³/mol. The summed E-state index contributed by atoms with van der Waals surface area (Å²) in [5.41, 5.74) is 2.95. The first-order valence-electron chi connectivity index (χ1n) is 10.8. The number of Topliss-reactive ketones (excluding diaryl/α,β-unsaturated/α-hetero) is 1. The van der Waals surface area contributed by atoms with E-state index >= 15 is 0 Å². The molecule has 3 aromatic carbocycles. The van der Waals surface area contributed by atoms with Crippen molar-refractivity contribution in [2.75, 3.05) is 18.6 Å². The number of fused-ring (bicyclic) bond motifs is 1. The summed E-state index contributed by atoms with van der Waals surface area (Å²) in [5.74, 6) is -1.63. The van der Waals surface area contributed by atoms with Crippen molar-refractivity contribution in [1.29, 1.82) is 0 Å². The number of imide groups is 1. The van der Waals surface area contributed by atoms with Gasteiger partial charge in [0.05, 0.1) is 11.1 Å². The highest BCUT2D eigenvalue weighted by molar-refractivity contribution is 7.98. The highest BCUT2D eigenvalue weighted by Crippen LogP contribution is 2.27. The standard InChI is InChI=1S/C27H23NO5S/c1-34-16-15-23(28-25(30)21-9-5-6-10-22(21)26(28)31)27(32)33-17-24(29)20-13-11-19(12-14-20)18-7-3-2-4-8-18/h2-14,23H,15-17H2,1H3. The number of carbonyl (C=O) groups is 4. The molecule has 1 aliphatic rings. The van der Waals surface area contributed by atoms with Crippen LogP contribution in [0.2, 0.25) is 0 Å². The Balaban J connectivity index is 1.44. The smallest absolute Gasteiger partial charge is 0.329 e. The van der Waals surface area contributed by atoms with Gasteiger partial charge in [0.25, 0.3) is 11.8 Å². The number of rotatable bonds is 9. The van der Waals surface area contributed by atoms with Gasteiger partial charge in [-0.15, -0.1) is 0 Å². The van der Waals surface area contributed by atoms with Gasteiger partial charge in [0.1, 0.15) is 6.04 Å². The van der Waals surface area contributed by atoms with Crippen LogP contribution in [0.4, 0.5) is 0 Å². The van der Waals surface area contributed by atoms with Gasteiger partial charge in [-0.05, 0) is 41.7 Å². The Hall–Kier alpha value is -3.71. The summed E-state index contributed by atoms with van der Waals surface area (Å²) in [5, 5.41) is 0. The van der Waals surface area contributed by atoms with Crippen LogP contribution < -0.4 is 0 Å². The number of amides is 2. The Morgan fingerprint density at radius 2 is 1.38 bits per heavy atom. The van der Waals surface area contributed by atoms with Crippen LogP contribution in [0.3, 0.4) is 0 Å². The van der Waals surface area contributed by atoms with Crippen LogP contribution in [0, 0.1) is 0 Å². The highest BCUT2D eigenvalue weighted by Gasteiger charge is 2.43. The molecule has 1 heterocycles. The van der Waals surface area contributed by atoms with Crippen molar-refractivity contribution in [1.82, 2.24) is 4.90 Å². The van der Waals surface area contributed by atoms with E-state index in [4.69, 9.17) is 4.74 Å². The number of carbonyl (C=O) groups excluding carboxylic acids is 4. The molecule has 34 heavy (non-hydrogen) atoms. The summed E-state index contributed by atoms with van der Waals surface area (Å²) in [4.78, 5) is 52.2. The van der Waals surface area contributed by atoms with E-state index in [1.165, 1.54) is 11.8 Å². The van der Waals surface area contributed by atoms with Crippen molar-refractivity contribution >= 4 is 35.3 Å². The van der Waals surface area contributed by atoms with Gasteiger partial charge < -0.3 is 4.74 Å². The molecule has 0 N–H and O–H groups in total. The van der Waals surface area contributed by atoms with Crippen LogP contribution in [0.5, 0.6) is 0 Å². The number of hydrogen-bond acceptors (Lipinski definition) is 6. The second-order valence-electron chi connectivity index (χ2n) is 7.80. The summed E-state index contributed by atoms with van der Waals surface area (Å²) < 4.78 is 5.30. The fraction of sp³-hybridized carbons (Fsp3) is 0.185. The zero-order chi connectivity index (χ0) is 24.1. The maximum atomic E-state index is 12.9. The van der Waals surface area contributed by atoms with Gasteiger partial charge in [0, 0.05) is 5.56 Å². The third-order valence-corrected chi connectivity index (χ3v) is 6.31. The van der Waals surface area contributed by atoms with E-state index in [1.54, 1.807) is 36.4 Å². The van der Waals surface area contributed by atoms with E-state index in [1.807, 2.05) is 48.7 Å². The van der Waals surface area contributed by atoms with Crippen molar-refractivity contribution < 1.29 is 23.9 Å². The second kappa shape index (κ2) is 10.5. The Kier molecular flexibility index (Phi) is 7.23. The number of esters is 1. The summed E-state index contributed by atoms with van der Waals surface area (Å²) in [7, 11) is 0. The first-order valence-corrected chi connectivity index (χ1v) is 12.2. The SMILES string of the molecule is CSCCC(C(=O)OCC(=O)c1ccc(-c2ccccc2)cc1)N1C(=O)c2ccccc2C1=O. The summed E-state index contributed by atoms with van der Waals surface area (Å²) >= 11 is 1.49. The second-order valence-corrected chi connectivity index (χ2v) is 8.78. The number of ether oxygens (including phenoxy) is 1. The van der Waals surface area contributed by atoms with Gasteiger partial charge in [-0.2, -0.15) is 11.8 Å². The molecule has 1 atom stereocenters. The van der Waals surface area contributed by atoms with Gasteiger partial charge in [-0.25, -0.2) is 4.79 Å². The van der Waals surface area contributed by atoms with Gasteiger partial charge in [-0.1, -0.05) is 66.7 Å². The van der Waals surface area contributed by atoms with Crippen molar-refractivity contribution in [2.24, 2.45) is 0 Å². The van der Waals surface area contributed by atoms with Gasteiger partial charge in [-0.3, -0.25) is 19.3 Å². The maximum absolute atomic E-state index is 12.9. The molecular weight excluding hydrogens is 450 g/mol. The Labute approximate surface area is 201 Å². The third-order valence-electron chi connectivity index (χ3n) is 5.66. The molecule has 6 nitrogen and oxygen atoms in total. The van der Waals surface area contributed by atoms with Gasteiger partial charge in [0.2, 0.25) is 0 Å². The third kappa shape index (κ3) is 4.79. The Morgan fingerprint density at radius 1 is 0.824 bits per heavy atom. The monoisotopic (exact) mass is 473 g/mol. The lowest BCUT2D eigenvalue weighted by molar-refractivity contribution is -0.147. The van der Waals surface area contributed by atoms with Crippen molar-refractivity contribution in [3.63, 3.8) is 0 Å². The molecule has 2 amide bonds. The van der Waals surface area contributed by atoms with Crippen LogP contribution in [0.1, 0.15) is 37.5 Å². The van der Waals surface area contributed by atoms with Crippen molar-refractivity contribution in [3.05, 3.63) is 95.6 Å². The minimum absolute atomic E-state index is 0.241. The largest absolute Gasteiger partial charge is 0.456 e. The molecule has 0 bridgehead atoms. The first kappa shape index (κ1) is 23.4. The summed E-state index contributed by atoms with van der Waals surface area (Å²) in [6, 6.07) is 22.2. The molecule has 0 aromatic heterocycles. The van der Waals surface area contributed by atoms with Crippen LogP contribution in [0.25, 0.3) is 11.1 Å². The average Bonchev–Trinajstić information content (AvgIpc) is 3.13. The topological polar surface area (TPSA) is 80.8 Å². The lowest BCUT2D eigenvalue weighted by Crippen LogP contribution is -2.46. The summed E-state index contributed by atoms with van der Waals surface area (Å²) in [6.07, 6.45) is 2.11. The molecule has 172 valence electrons. The van der Waals surface area contributed by atoms with Crippen LogP contribution >= 0.6 is 11.8 Å². The maximum Gasteiger partial charge on any atom is 0.329 e. The van der Waals surface area contributed by atoms with E-state index in [-0.39, 0.29) is 23.3 Å². The van der Waals surface area contributed by atoms with E-state index in [9.17, 15) is 19.2 Å². The van der Waals surface area contributed by atoms with Gasteiger partial charge in [0.15, 0.2) is 12.4 Å². The normalized spacial score (nSPS) is 13.5. The first-order chi connectivity index (χ1) is 16.5. The molecule has 0 aliphatic carbocycles. The number of benzene rings is 3. The fourth-order valence-electron chi connectivity index (χ4n) is 3.87. The molecule has 3 aromatic rings. The van der Waals surface area contributed by atoms with Crippen molar-refractivity contribution in [2.45, 2.75) is 12.5 Å². The van der Waals surface area contributed by atoms with E-state index in [0.29, 0.717) is 11.3 Å². The zero-order valence-electron chi connectivity index (χ0n) is 18.6. The number of hydrogen-bond donors (Lipinski definition) is 0. The Bertz CT molecular complexity index is 1190. The minimum Gasteiger partial charge on any atom is -0.456 e. The molecular formula is C27H23NO5S. The highest BCUT2D eigenvalue weighted by atomic mass is 32.2. The molecule has 0 radical (unpaired) electrons. The van der Waals surface area contributed by atoms with Crippen molar-refractivity contribution in [3.8, 4) is 11.1 Å². The molecule has 0 fully saturated rings. The molecule has 1 aliphatic heterocycles. The molecule has 4 rings (SSSR count). The molecule has 0 saturated heterocycles. The fourth-order valence-corrected chi connectivity index (χ4v) is 4.33. The quantitative estimate of drug-likeness (QED) is 0.259. The number of thioether (sulfide) groups is 1. The van der Waals surface area contributed by atoms with Crippen LogP contribution in [0.15, 0.2) is 78.9 Å². The lowest BCUT2D eigenvalue weighted by atomic mass is 10.0. The molecule has 0 spiro atoms. The zero-order valence-corrected chi connectivity index (χ0v) is 19.4. The molecule has 7 heteroatoms. The van der Waals surface area contributed by atoms with Crippen LogP contribution in [-0.4, -0.2) is 53.1 Å². The molecule has 1 unspecified atom stereocenters. The van der Waals surface area contributed by atoms with Gasteiger partial charge >= 0.3 is 5.97 Å². The number of nitrogens with zero attached hydrogens (tertiary/aromatic N) is 1. The summed E-state index contributed by atoms with van der Waals surface area (Å²) in [6.45, 7) is -0.470. The predicted octanol–water partition coefficient (Wildman–Crippen LogP) is 4.50.